The lowest BCUT2D eigenvalue weighted by Crippen LogP contribution is -2.29. The van der Waals surface area contributed by atoms with Crippen LogP contribution < -0.4 is 11.2 Å². The molecule has 0 radical (unpaired) electrons. The third-order valence-corrected chi connectivity index (χ3v) is 2.47. The summed E-state index contributed by atoms with van der Waals surface area (Å²) in [6.07, 6.45) is 4.20. The SMILES string of the molecule is CCCOC1=CCCc2c1[nH]c(=O)[nH]c2=O. The standard InChI is InChI=1S/C11H14N2O3/c1-2-6-16-8-5-3-4-7-9(8)12-11(15)13-10(7)14/h5H,2-4,6H2,1H3,(H2,12,13,14,15). The van der Waals surface area contributed by atoms with E-state index in [2.05, 4.69) is 9.97 Å². The van der Waals surface area contributed by atoms with Crippen LogP contribution in [0.25, 0.3) is 5.76 Å². The lowest BCUT2D eigenvalue weighted by Gasteiger charge is -2.16. The molecule has 5 nitrogen and oxygen atoms in total. The normalized spacial score (nSPS) is 14.2. The van der Waals surface area contributed by atoms with Crippen molar-refractivity contribution in [3.8, 4) is 0 Å². The number of H-pyrrole nitrogens is 2. The van der Waals surface area contributed by atoms with Crippen molar-refractivity contribution in [2.75, 3.05) is 6.61 Å². The molecule has 86 valence electrons. The summed E-state index contributed by atoms with van der Waals surface area (Å²) < 4.78 is 5.51. The fourth-order valence-electron chi connectivity index (χ4n) is 1.75. The topological polar surface area (TPSA) is 75.0 Å². The Kier molecular flexibility index (Phi) is 2.94. The summed E-state index contributed by atoms with van der Waals surface area (Å²) in [4.78, 5) is 27.6. The summed E-state index contributed by atoms with van der Waals surface area (Å²) in [5.74, 6) is 0.617. The Bertz CT molecular complexity index is 525. The van der Waals surface area contributed by atoms with E-state index in [1.54, 1.807) is 0 Å². The maximum Gasteiger partial charge on any atom is 0.326 e. The van der Waals surface area contributed by atoms with Crippen LogP contribution in [0.5, 0.6) is 0 Å². The number of fused-ring (bicyclic) bond motifs is 1. The fraction of sp³-hybridized carbons (Fsp3) is 0.455. The van der Waals surface area contributed by atoms with E-state index in [-0.39, 0.29) is 5.56 Å². The van der Waals surface area contributed by atoms with Crippen molar-refractivity contribution in [1.82, 2.24) is 9.97 Å². The van der Waals surface area contributed by atoms with E-state index in [4.69, 9.17) is 4.74 Å². The molecule has 0 spiro atoms. The number of hydrogen-bond donors (Lipinski definition) is 2. The Morgan fingerprint density at radius 3 is 2.94 bits per heavy atom. The first-order valence-corrected chi connectivity index (χ1v) is 5.41. The monoisotopic (exact) mass is 222 g/mol. The summed E-state index contributed by atoms with van der Waals surface area (Å²) in [5.41, 5.74) is 0.336. The van der Waals surface area contributed by atoms with Gasteiger partial charge in [-0.15, -0.1) is 0 Å². The quantitative estimate of drug-likeness (QED) is 0.793. The van der Waals surface area contributed by atoms with Crippen LogP contribution in [0.1, 0.15) is 31.0 Å². The maximum absolute atomic E-state index is 11.5. The number of aromatic amines is 2. The van der Waals surface area contributed by atoms with Crippen LogP contribution in [-0.4, -0.2) is 16.6 Å². The van der Waals surface area contributed by atoms with E-state index < -0.39 is 5.69 Å². The minimum absolute atomic E-state index is 0.315. The van der Waals surface area contributed by atoms with E-state index in [0.29, 0.717) is 30.0 Å². The molecule has 0 atom stereocenters. The molecule has 0 amide bonds. The predicted molar refractivity (Wildman–Crippen MR) is 60.2 cm³/mol. The van der Waals surface area contributed by atoms with Crippen molar-refractivity contribution in [3.05, 3.63) is 38.2 Å². The van der Waals surface area contributed by atoms with Crippen LogP contribution in [0.4, 0.5) is 0 Å². The summed E-state index contributed by atoms with van der Waals surface area (Å²) in [6, 6.07) is 0. The average molecular weight is 222 g/mol. The second-order valence-electron chi connectivity index (χ2n) is 3.72. The fourth-order valence-corrected chi connectivity index (χ4v) is 1.75. The number of ether oxygens (including phenoxy) is 1. The summed E-state index contributed by atoms with van der Waals surface area (Å²) in [5, 5.41) is 0. The highest BCUT2D eigenvalue weighted by molar-refractivity contribution is 5.60. The van der Waals surface area contributed by atoms with Crippen molar-refractivity contribution < 1.29 is 4.74 Å². The minimum Gasteiger partial charge on any atom is -0.492 e. The van der Waals surface area contributed by atoms with Gasteiger partial charge in [-0.2, -0.15) is 0 Å². The molecule has 0 saturated heterocycles. The smallest absolute Gasteiger partial charge is 0.326 e. The number of rotatable bonds is 3. The molecule has 0 unspecified atom stereocenters. The number of hydrogen-bond acceptors (Lipinski definition) is 3. The van der Waals surface area contributed by atoms with Crippen LogP contribution >= 0.6 is 0 Å². The highest BCUT2D eigenvalue weighted by Crippen LogP contribution is 2.21. The third-order valence-electron chi connectivity index (χ3n) is 2.47. The molecule has 0 aliphatic heterocycles. The molecule has 0 aromatic carbocycles. The molecule has 5 heteroatoms. The molecule has 0 saturated carbocycles. The van der Waals surface area contributed by atoms with Gasteiger partial charge in [-0.3, -0.25) is 9.78 Å². The second-order valence-corrected chi connectivity index (χ2v) is 3.72. The molecular formula is C11H14N2O3. The van der Waals surface area contributed by atoms with Gasteiger partial charge < -0.3 is 9.72 Å². The van der Waals surface area contributed by atoms with Crippen molar-refractivity contribution in [2.24, 2.45) is 0 Å². The summed E-state index contributed by atoms with van der Waals surface area (Å²) >= 11 is 0. The number of allylic oxidation sites excluding steroid dienone is 1. The van der Waals surface area contributed by atoms with E-state index in [1.165, 1.54) is 0 Å². The number of aromatic nitrogens is 2. The van der Waals surface area contributed by atoms with Crippen LogP contribution in [0.3, 0.4) is 0 Å². The van der Waals surface area contributed by atoms with Crippen LogP contribution in [0.15, 0.2) is 15.7 Å². The van der Waals surface area contributed by atoms with Crippen LogP contribution in [0, 0.1) is 0 Å². The Balaban J connectivity index is 2.45. The van der Waals surface area contributed by atoms with Gasteiger partial charge >= 0.3 is 5.69 Å². The molecule has 2 N–H and O–H groups in total. The first-order valence-electron chi connectivity index (χ1n) is 5.41. The van der Waals surface area contributed by atoms with Gasteiger partial charge in [-0.25, -0.2) is 4.79 Å². The van der Waals surface area contributed by atoms with Crippen LogP contribution in [0.2, 0.25) is 0 Å². The van der Waals surface area contributed by atoms with Crippen LogP contribution in [-0.2, 0) is 11.2 Å². The summed E-state index contributed by atoms with van der Waals surface area (Å²) in [7, 11) is 0. The Labute approximate surface area is 92.2 Å². The van der Waals surface area contributed by atoms with Gasteiger partial charge in [0.05, 0.1) is 12.3 Å². The molecule has 16 heavy (non-hydrogen) atoms. The Morgan fingerprint density at radius 1 is 1.38 bits per heavy atom. The zero-order valence-corrected chi connectivity index (χ0v) is 9.13. The van der Waals surface area contributed by atoms with Crippen molar-refractivity contribution in [2.45, 2.75) is 26.2 Å². The lowest BCUT2D eigenvalue weighted by atomic mass is 10.0. The highest BCUT2D eigenvalue weighted by Gasteiger charge is 2.17. The lowest BCUT2D eigenvalue weighted by molar-refractivity contribution is 0.273. The minimum atomic E-state index is -0.489. The van der Waals surface area contributed by atoms with Gasteiger partial charge in [0.2, 0.25) is 0 Å². The van der Waals surface area contributed by atoms with Crippen molar-refractivity contribution in [1.29, 1.82) is 0 Å². The van der Waals surface area contributed by atoms with E-state index in [1.807, 2.05) is 13.0 Å². The maximum atomic E-state index is 11.5. The van der Waals surface area contributed by atoms with E-state index in [9.17, 15) is 9.59 Å². The first kappa shape index (κ1) is 10.7. The average Bonchev–Trinajstić information content (AvgIpc) is 2.26. The first-order chi connectivity index (χ1) is 7.72. The second kappa shape index (κ2) is 4.38. The molecule has 0 fully saturated rings. The van der Waals surface area contributed by atoms with Gasteiger partial charge in [0, 0.05) is 5.56 Å². The zero-order valence-electron chi connectivity index (χ0n) is 9.13. The van der Waals surface area contributed by atoms with Gasteiger partial charge in [-0.05, 0) is 25.3 Å². The third kappa shape index (κ3) is 1.93. The van der Waals surface area contributed by atoms with Gasteiger partial charge in [0.15, 0.2) is 0 Å². The Hall–Kier alpha value is -1.78. The van der Waals surface area contributed by atoms with Gasteiger partial charge in [-0.1, -0.05) is 6.92 Å². The molecule has 1 heterocycles. The molecule has 1 aliphatic carbocycles. The molecule has 0 bridgehead atoms. The zero-order chi connectivity index (χ0) is 11.5. The van der Waals surface area contributed by atoms with Crippen molar-refractivity contribution in [3.63, 3.8) is 0 Å². The van der Waals surface area contributed by atoms with Crippen molar-refractivity contribution >= 4 is 5.76 Å². The summed E-state index contributed by atoms with van der Waals surface area (Å²) in [6.45, 7) is 2.59. The van der Waals surface area contributed by atoms with E-state index in [0.717, 1.165) is 12.8 Å². The Morgan fingerprint density at radius 2 is 2.19 bits per heavy atom. The van der Waals surface area contributed by atoms with E-state index >= 15 is 0 Å². The molecule has 1 aliphatic rings. The largest absolute Gasteiger partial charge is 0.492 e. The molecule has 1 aromatic heterocycles. The number of nitrogens with one attached hydrogen (secondary N) is 2. The van der Waals surface area contributed by atoms with Gasteiger partial charge in [0.25, 0.3) is 5.56 Å². The predicted octanol–water partition coefficient (Wildman–Crippen LogP) is 0.777. The molecule has 1 aromatic rings. The van der Waals surface area contributed by atoms with Gasteiger partial charge in [0.1, 0.15) is 5.76 Å². The highest BCUT2D eigenvalue weighted by atomic mass is 16.5. The molecular weight excluding hydrogens is 208 g/mol. The molecule has 2 rings (SSSR count).